The molecule has 0 bridgehead atoms. The third-order valence-corrected chi connectivity index (χ3v) is 1.84. The number of halogens is 1. The summed E-state index contributed by atoms with van der Waals surface area (Å²) < 4.78 is 4.95. The third-order valence-electron chi connectivity index (χ3n) is 1.39. The van der Waals surface area contributed by atoms with Gasteiger partial charge in [0.1, 0.15) is 6.61 Å². The van der Waals surface area contributed by atoms with Crippen LogP contribution in [0.5, 0.6) is 0 Å². The van der Waals surface area contributed by atoms with Gasteiger partial charge in [0, 0.05) is 18.0 Å². The van der Waals surface area contributed by atoms with Crippen molar-refractivity contribution in [3.05, 3.63) is 0 Å². The molecule has 0 aliphatic heterocycles. The Hall–Kier alpha value is -0.0900. The molecule has 0 aromatic rings. The first kappa shape index (κ1) is 11.9. The van der Waals surface area contributed by atoms with Crippen LogP contribution in [0.1, 0.15) is 20.3 Å². The van der Waals surface area contributed by atoms with E-state index in [1.165, 1.54) is 0 Å². The summed E-state index contributed by atoms with van der Waals surface area (Å²) in [5, 5.41) is 3.73. The molecule has 0 saturated carbocycles. The smallest absolute Gasteiger partial charge is 0.246 e. The van der Waals surface area contributed by atoms with Crippen LogP contribution >= 0.6 is 15.9 Å². The van der Waals surface area contributed by atoms with E-state index < -0.39 is 0 Å². The van der Waals surface area contributed by atoms with Crippen LogP contribution in [-0.4, -0.2) is 30.5 Å². The van der Waals surface area contributed by atoms with Crippen LogP contribution in [0.15, 0.2) is 0 Å². The second-order valence-electron chi connectivity index (χ2n) is 2.58. The minimum Gasteiger partial charge on any atom is -0.372 e. The first-order chi connectivity index (χ1) is 5.70. The van der Waals surface area contributed by atoms with Crippen LogP contribution < -0.4 is 5.32 Å². The summed E-state index contributed by atoms with van der Waals surface area (Å²) in [5.41, 5.74) is 0. The minimum atomic E-state index is -0.0368. The highest BCUT2D eigenvalue weighted by Crippen LogP contribution is 1.94. The third kappa shape index (κ3) is 6.61. The van der Waals surface area contributed by atoms with Gasteiger partial charge in [-0.1, -0.05) is 15.9 Å². The van der Waals surface area contributed by atoms with E-state index in [0.717, 1.165) is 11.8 Å². The molecule has 4 heteroatoms. The van der Waals surface area contributed by atoms with Crippen LogP contribution in [0.2, 0.25) is 0 Å². The molecule has 0 aromatic heterocycles. The molecule has 1 unspecified atom stereocenters. The van der Waals surface area contributed by atoms with Crippen molar-refractivity contribution in [1.82, 2.24) is 5.32 Å². The average molecular weight is 238 g/mol. The summed E-state index contributed by atoms with van der Waals surface area (Å²) in [6, 6.07) is 0.220. The predicted molar refractivity (Wildman–Crippen MR) is 52.5 cm³/mol. The summed E-state index contributed by atoms with van der Waals surface area (Å²) in [4.78, 5) is 11.0. The Kier molecular flexibility index (Phi) is 7.50. The lowest BCUT2D eigenvalue weighted by atomic mass is 10.2. The number of carbonyl (C=O) groups is 1. The standard InChI is InChI=1S/C8H16BrNO2/c1-3-12-6-8(11)10-7(2)4-5-9/h7H,3-6H2,1-2H3,(H,10,11). The average Bonchev–Trinajstić information content (AvgIpc) is 2.01. The summed E-state index contributed by atoms with van der Waals surface area (Å²) in [7, 11) is 0. The monoisotopic (exact) mass is 237 g/mol. The van der Waals surface area contributed by atoms with Gasteiger partial charge in [0.15, 0.2) is 0 Å². The second kappa shape index (κ2) is 7.55. The molecule has 0 saturated heterocycles. The number of amides is 1. The zero-order valence-electron chi connectivity index (χ0n) is 7.60. The van der Waals surface area contributed by atoms with Crippen molar-refractivity contribution in [1.29, 1.82) is 0 Å². The summed E-state index contributed by atoms with van der Waals surface area (Å²) in [6.07, 6.45) is 0.942. The Balaban J connectivity index is 3.40. The van der Waals surface area contributed by atoms with Gasteiger partial charge in [0.2, 0.25) is 5.91 Å². The van der Waals surface area contributed by atoms with E-state index in [2.05, 4.69) is 21.2 Å². The molecule has 1 atom stereocenters. The normalized spacial score (nSPS) is 12.6. The fraction of sp³-hybridized carbons (Fsp3) is 0.875. The molecule has 0 aliphatic carbocycles. The van der Waals surface area contributed by atoms with Crippen LogP contribution in [0.4, 0.5) is 0 Å². The molecule has 0 aliphatic rings. The van der Waals surface area contributed by atoms with Crippen molar-refractivity contribution in [2.45, 2.75) is 26.3 Å². The number of hydrogen-bond acceptors (Lipinski definition) is 2. The van der Waals surface area contributed by atoms with Crippen molar-refractivity contribution in [2.24, 2.45) is 0 Å². The lowest BCUT2D eigenvalue weighted by Crippen LogP contribution is -2.35. The van der Waals surface area contributed by atoms with Crippen molar-refractivity contribution in [2.75, 3.05) is 18.5 Å². The number of rotatable bonds is 6. The van der Waals surface area contributed by atoms with Crippen molar-refractivity contribution in [3.8, 4) is 0 Å². The highest BCUT2D eigenvalue weighted by atomic mass is 79.9. The van der Waals surface area contributed by atoms with Crippen molar-refractivity contribution < 1.29 is 9.53 Å². The number of carbonyl (C=O) groups excluding carboxylic acids is 1. The molecule has 0 heterocycles. The maximum atomic E-state index is 11.0. The first-order valence-corrected chi connectivity index (χ1v) is 5.26. The number of nitrogens with one attached hydrogen (secondary N) is 1. The van der Waals surface area contributed by atoms with E-state index in [1.807, 2.05) is 13.8 Å². The zero-order chi connectivity index (χ0) is 9.40. The van der Waals surface area contributed by atoms with Gasteiger partial charge in [-0.05, 0) is 20.3 Å². The molecule has 0 rings (SSSR count). The quantitative estimate of drug-likeness (QED) is 0.708. The molecule has 72 valence electrons. The van der Waals surface area contributed by atoms with Crippen molar-refractivity contribution >= 4 is 21.8 Å². The zero-order valence-corrected chi connectivity index (χ0v) is 9.19. The van der Waals surface area contributed by atoms with E-state index in [9.17, 15) is 4.79 Å². The maximum absolute atomic E-state index is 11.0. The first-order valence-electron chi connectivity index (χ1n) is 4.13. The Morgan fingerprint density at radius 3 is 2.83 bits per heavy atom. The van der Waals surface area contributed by atoms with Gasteiger partial charge >= 0.3 is 0 Å². The molecular weight excluding hydrogens is 222 g/mol. The second-order valence-corrected chi connectivity index (χ2v) is 3.38. The lowest BCUT2D eigenvalue weighted by molar-refractivity contribution is -0.126. The van der Waals surface area contributed by atoms with E-state index in [0.29, 0.717) is 6.61 Å². The fourth-order valence-electron chi connectivity index (χ4n) is 0.747. The molecule has 1 N–H and O–H groups in total. The molecular formula is C8H16BrNO2. The minimum absolute atomic E-state index is 0.0368. The maximum Gasteiger partial charge on any atom is 0.246 e. The number of alkyl halides is 1. The van der Waals surface area contributed by atoms with Crippen molar-refractivity contribution in [3.63, 3.8) is 0 Å². The highest BCUT2D eigenvalue weighted by molar-refractivity contribution is 9.09. The molecule has 0 radical (unpaired) electrons. The van der Waals surface area contributed by atoms with E-state index in [1.54, 1.807) is 0 Å². The van der Waals surface area contributed by atoms with E-state index in [4.69, 9.17) is 4.74 Å². The number of ether oxygens (including phenoxy) is 1. The molecule has 0 aromatic carbocycles. The highest BCUT2D eigenvalue weighted by Gasteiger charge is 2.05. The summed E-state index contributed by atoms with van der Waals surface area (Å²) in [6.45, 7) is 4.60. The summed E-state index contributed by atoms with van der Waals surface area (Å²) >= 11 is 3.31. The SMILES string of the molecule is CCOCC(=O)NC(C)CCBr. The molecule has 1 amide bonds. The van der Waals surface area contributed by atoms with Crippen LogP contribution in [0.25, 0.3) is 0 Å². The fourth-order valence-corrected chi connectivity index (χ4v) is 1.43. The van der Waals surface area contributed by atoms with E-state index >= 15 is 0 Å². The molecule has 3 nitrogen and oxygen atoms in total. The Labute approximate surface area is 82.0 Å². The number of hydrogen-bond donors (Lipinski definition) is 1. The Morgan fingerprint density at radius 2 is 2.33 bits per heavy atom. The van der Waals surface area contributed by atoms with Crippen LogP contribution in [-0.2, 0) is 9.53 Å². The summed E-state index contributed by atoms with van der Waals surface area (Å²) in [5.74, 6) is -0.0368. The van der Waals surface area contributed by atoms with Gasteiger partial charge in [-0.3, -0.25) is 4.79 Å². The van der Waals surface area contributed by atoms with Gasteiger partial charge < -0.3 is 10.1 Å². The Morgan fingerprint density at radius 1 is 1.67 bits per heavy atom. The molecule has 12 heavy (non-hydrogen) atoms. The Bertz CT molecular complexity index is 130. The van der Waals surface area contributed by atoms with Gasteiger partial charge in [-0.2, -0.15) is 0 Å². The lowest BCUT2D eigenvalue weighted by Gasteiger charge is -2.11. The topological polar surface area (TPSA) is 38.3 Å². The van der Waals surface area contributed by atoms with E-state index in [-0.39, 0.29) is 18.6 Å². The molecule has 0 spiro atoms. The molecule has 0 fully saturated rings. The van der Waals surface area contributed by atoms with Crippen LogP contribution in [0, 0.1) is 0 Å². The largest absolute Gasteiger partial charge is 0.372 e. The van der Waals surface area contributed by atoms with Gasteiger partial charge in [-0.25, -0.2) is 0 Å². The van der Waals surface area contributed by atoms with Gasteiger partial charge in [0.05, 0.1) is 0 Å². The van der Waals surface area contributed by atoms with Gasteiger partial charge in [-0.15, -0.1) is 0 Å². The van der Waals surface area contributed by atoms with Gasteiger partial charge in [0.25, 0.3) is 0 Å². The predicted octanol–water partition coefficient (Wildman–Crippen LogP) is 1.31. The van der Waals surface area contributed by atoms with Crippen LogP contribution in [0.3, 0.4) is 0 Å².